The van der Waals surface area contributed by atoms with Crippen LogP contribution in [0.2, 0.25) is 0 Å². The van der Waals surface area contributed by atoms with Crippen molar-refractivity contribution in [1.82, 2.24) is 9.38 Å². The molecule has 0 saturated carbocycles. The van der Waals surface area contributed by atoms with Gasteiger partial charge in [0.2, 0.25) is 11.8 Å². The molecular weight excluding hydrogens is 372 g/mol. The highest BCUT2D eigenvalue weighted by Gasteiger charge is 2.13. The number of benzene rings is 2. The van der Waals surface area contributed by atoms with Crippen LogP contribution in [0.15, 0.2) is 66.2 Å². The Hall–Kier alpha value is -3.45. The van der Waals surface area contributed by atoms with Crippen LogP contribution in [0.5, 0.6) is 0 Å². The normalized spacial score (nSPS) is 10.8. The molecule has 0 aliphatic heterocycles. The molecule has 0 aliphatic rings. The molecule has 4 aromatic rings. The predicted octanol–water partition coefficient (Wildman–Crippen LogP) is 4.20. The van der Waals surface area contributed by atoms with Crippen LogP contribution in [0, 0.1) is 0 Å². The van der Waals surface area contributed by atoms with Crippen LogP contribution in [0.25, 0.3) is 16.2 Å². The summed E-state index contributed by atoms with van der Waals surface area (Å²) in [4.78, 5) is 29.2. The molecule has 0 bridgehead atoms. The van der Waals surface area contributed by atoms with Crippen molar-refractivity contribution in [3.05, 3.63) is 71.9 Å². The second-order valence-corrected chi connectivity index (χ2v) is 7.20. The van der Waals surface area contributed by atoms with Crippen molar-refractivity contribution in [2.75, 3.05) is 10.6 Å². The summed E-state index contributed by atoms with van der Waals surface area (Å²) in [6, 6.07) is 17.0. The fourth-order valence-corrected chi connectivity index (χ4v) is 3.83. The lowest BCUT2D eigenvalue weighted by Gasteiger charge is -2.07. The molecule has 6 nitrogen and oxygen atoms in total. The minimum absolute atomic E-state index is 0.130. The Balaban J connectivity index is 1.50. The number of thiazole rings is 1. The third-order valence-electron chi connectivity index (χ3n) is 4.16. The Morgan fingerprint density at radius 2 is 1.79 bits per heavy atom. The highest BCUT2D eigenvalue weighted by atomic mass is 32.1. The summed E-state index contributed by atoms with van der Waals surface area (Å²) in [5.74, 6) is -0.284. The van der Waals surface area contributed by atoms with Gasteiger partial charge in [0.25, 0.3) is 0 Å². The predicted molar refractivity (Wildman–Crippen MR) is 112 cm³/mol. The number of anilines is 2. The van der Waals surface area contributed by atoms with Crippen molar-refractivity contribution in [2.24, 2.45) is 0 Å². The minimum Gasteiger partial charge on any atom is -0.326 e. The smallest absolute Gasteiger partial charge is 0.230 e. The van der Waals surface area contributed by atoms with Crippen LogP contribution in [0.1, 0.15) is 12.6 Å². The highest BCUT2D eigenvalue weighted by Crippen LogP contribution is 2.24. The van der Waals surface area contributed by atoms with E-state index in [4.69, 9.17) is 0 Å². The number of fused-ring (bicyclic) bond motifs is 1. The van der Waals surface area contributed by atoms with Crippen molar-refractivity contribution in [1.29, 1.82) is 0 Å². The maximum Gasteiger partial charge on any atom is 0.230 e. The molecule has 140 valence electrons. The molecule has 2 aromatic carbocycles. The summed E-state index contributed by atoms with van der Waals surface area (Å²) in [7, 11) is 0. The number of aromatic nitrogens is 2. The number of amides is 2. The highest BCUT2D eigenvalue weighted by molar-refractivity contribution is 7.15. The molecule has 2 heterocycles. The molecule has 0 aliphatic carbocycles. The molecule has 2 N–H and O–H groups in total. The zero-order valence-electron chi connectivity index (χ0n) is 15.2. The third kappa shape index (κ3) is 3.94. The minimum atomic E-state index is -0.154. The molecular formula is C21H18N4O2S. The first-order chi connectivity index (χ1) is 13.6. The van der Waals surface area contributed by atoms with E-state index in [9.17, 15) is 9.59 Å². The van der Waals surface area contributed by atoms with Crippen LogP contribution in [-0.2, 0) is 16.0 Å². The van der Waals surface area contributed by atoms with Crippen molar-refractivity contribution < 1.29 is 9.59 Å². The molecule has 0 saturated heterocycles. The van der Waals surface area contributed by atoms with Gasteiger partial charge in [0.1, 0.15) is 0 Å². The summed E-state index contributed by atoms with van der Waals surface area (Å²) >= 11 is 1.51. The van der Waals surface area contributed by atoms with Gasteiger partial charge in [0.05, 0.1) is 12.1 Å². The lowest BCUT2D eigenvalue weighted by molar-refractivity contribution is -0.116. The number of carbonyl (C=O) groups excluding carboxylic acids is 2. The molecule has 0 fully saturated rings. The van der Waals surface area contributed by atoms with E-state index in [1.165, 1.54) is 18.3 Å². The summed E-state index contributed by atoms with van der Waals surface area (Å²) in [6.45, 7) is 1.45. The fourth-order valence-electron chi connectivity index (χ4n) is 2.95. The molecule has 0 radical (unpaired) electrons. The van der Waals surface area contributed by atoms with Gasteiger partial charge >= 0.3 is 0 Å². The number of hydrogen-bond donors (Lipinski definition) is 2. The number of hydrogen-bond acceptors (Lipinski definition) is 4. The number of carbonyl (C=O) groups is 2. The first kappa shape index (κ1) is 17.9. The average Bonchev–Trinajstić information content (AvgIpc) is 3.24. The quantitative estimate of drug-likeness (QED) is 0.536. The Bertz CT molecular complexity index is 1150. The Labute approximate surface area is 165 Å². The van der Waals surface area contributed by atoms with E-state index >= 15 is 0 Å². The monoisotopic (exact) mass is 390 g/mol. The second kappa shape index (κ2) is 7.66. The van der Waals surface area contributed by atoms with Crippen LogP contribution < -0.4 is 10.6 Å². The Morgan fingerprint density at radius 1 is 1.04 bits per heavy atom. The number of rotatable bonds is 5. The Morgan fingerprint density at radius 3 is 2.54 bits per heavy atom. The van der Waals surface area contributed by atoms with Gasteiger partial charge in [-0.2, -0.15) is 0 Å². The van der Waals surface area contributed by atoms with Crippen molar-refractivity contribution in [2.45, 2.75) is 13.3 Å². The van der Waals surface area contributed by atoms with Crippen molar-refractivity contribution >= 4 is 39.5 Å². The molecule has 0 spiro atoms. The van der Waals surface area contributed by atoms with E-state index in [2.05, 4.69) is 15.6 Å². The third-order valence-corrected chi connectivity index (χ3v) is 5.05. The van der Waals surface area contributed by atoms with Crippen LogP contribution in [-0.4, -0.2) is 21.2 Å². The van der Waals surface area contributed by atoms with E-state index in [1.54, 1.807) is 24.3 Å². The van der Waals surface area contributed by atoms with Gasteiger partial charge in [-0.3, -0.25) is 14.0 Å². The molecule has 2 aromatic heterocycles. The zero-order chi connectivity index (χ0) is 19.5. The summed E-state index contributed by atoms with van der Waals surface area (Å²) in [6.07, 6.45) is 2.19. The topological polar surface area (TPSA) is 75.5 Å². The van der Waals surface area contributed by atoms with E-state index in [0.717, 1.165) is 21.9 Å². The van der Waals surface area contributed by atoms with E-state index in [-0.39, 0.29) is 18.2 Å². The van der Waals surface area contributed by atoms with Gasteiger partial charge in [-0.05, 0) is 18.2 Å². The van der Waals surface area contributed by atoms with Crippen LogP contribution >= 0.6 is 11.3 Å². The second-order valence-electron chi connectivity index (χ2n) is 6.36. The molecule has 4 rings (SSSR count). The number of imidazole rings is 1. The molecule has 28 heavy (non-hydrogen) atoms. The van der Waals surface area contributed by atoms with Gasteiger partial charge in [0, 0.05) is 41.1 Å². The van der Waals surface area contributed by atoms with Crippen molar-refractivity contribution in [3.8, 4) is 11.3 Å². The number of nitrogens with one attached hydrogen (secondary N) is 2. The van der Waals surface area contributed by atoms with Gasteiger partial charge in [-0.1, -0.05) is 36.4 Å². The maximum absolute atomic E-state index is 12.5. The molecule has 2 amide bonds. The molecule has 0 unspecified atom stereocenters. The standard InChI is InChI=1S/C21H18N4O2S/c1-14(26)22-16-8-5-9-17(10-16)23-20(27)11-18-13-28-21-24-19(12-25(18)21)15-6-3-2-4-7-15/h2-10,12-13H,11H2,1H3,(H,22,26)(H,23,27). The zero-order valence-corrected chi connectivity index (χ0v) is 16.0. The van der Waals surface area contributed by atoms with Gasteiger partial charge < -0.3 is 10.6 Å². The van der Waals surface area contributed by atoms with Crippen LogP contribution in [0.4, 0.5) is 11.4 Å². The lowest BCUT2D eigenvalue weighted by Crippen LogP contribution is -2.15. The van der Waals surface area contributed by atoms with Crippen LogP contribution in [0.3, 0.4) is 0 Å². The summed E-state index contributed by atoms with van der Waals surface area (Å²) in [5.41, 5.74) is 4.09. The van der Waals surface area contributed by atoms with Gasteiger partial charge in [-0.25, -0.2) is 4.98 Å². The first-order valence-corrected chi connectivity index (χ1v) is 9.65. The maximum atomic E-state index is 12.5. The first-order valence-electron chi connectivity index (χ1n) is 8.77. The van der Waals surface area contributed by atoms with E-state index < -0.39 is 0 Å². The Kier molecular flexibility index (Phi) is 4.90. The summed E-state index contributed by atoms with van der Waals surface area (Å²) < 4.78 is 1.96. The van der Waals surface area contributed by atoms with Crippen molar-refractivity contribution in [3.63, 3.8) is 0 Å². The number of nitrogens with zero attached hydrogens (tertiary/aromatic N) is 2. The van der Waals surface area contributed by atoms with E-state index in [1.807, 2.05) is 46.3 Å². The molecule has 7 heteroatoms. The van der Waals surface area contributed by atoms with Gasteiger partial charge in [-0.15, -0.1) is 11.3 Å². The lowest BCUT2D eigenvalue weighted by atomic mass is 10.2. The summed E-state index contributed by atoms with van der Waals surface area (Å²) in [5, 5.41) is 7.53. The largest absolute Gasteiger partial charge is 0.326 e. The molecule has 0 atom stereocenters. The fraction of sp³-hybridized carbons (Fsp3) is 0.0952. The SMILES string of the molecule is CC(=O)Nc1cccc(NC(=O)Cc2csc3nc(-c4ccccc4)cn23)c1. The van der Waals surface area contributed by atoms with Gasteiger partial charge in [0.15, 0.2) is 4.96 Å². The van der Waals surface area contributed by atoms with E-state index in [0.29, 0.717) is 11.4 Å². The average molecular weight is 390 g/mol.